The summed E-state index contributed by atoms with van der Waals surface area (Å²) in [7, 11) is 0. The molecule has 1 saturated heterocycles. The molecule has 18 heavy (non-hydrogen) atoms. The summed E-state index contributed by atoms with van der Waals surface area (Å²) in [5.41, 5.74) is 0. The predicted octanol–water partition coefficient (Wildman–Crippen LogP) is 3.58. The van der Waals surface area contributed by atoms with Gasteiger partial charge < -0.3 is 5.32 Å². The second kappa shape index (κ2) is 7.27. The molecule has 0 spiro atoms. The Morgan fingerprint density at radius 3 is 2.67 bits per heavy atom. The molecule has 102 valence electrons. The normalized spacial score (nSPS) is 19.0. The molecule has 0 unspecified atom stereocenters. The minimum atomic E-state index is 0.664. The molecule has 0 aromatic carbocycles. The van der Waals surface area contributed by atoms with E-state index in [1.165, 1.54) is 43.6 Å². The first kappa shape index (κ1) is 14.0. The average molecular weight is 266 g/mol. The number of nitrogens with one attached hydrogen (secondary N) is 1. The van der Waals surface area contributed by atoms with Crippen molar-refractivity contribution >= 4 is 11.3 Å². The quantitative estimate of drug-likeness (QED) is 0.792. The topological polar surface area (TPSA) is 15.3 Å². The van der Waals surface area contributed by atoms with Gasteiger partial charge in [0.2, 0.25) is 0 Å². The lowest BCUT2D eigenvalue weighted by molar-refractivity contribution is 0.165. The molecule has 1 aliphatic heterocycles. The van der Waals surface area contributed by atoms with Crippen molar-refractivity contribution in [2.24, 2.45) is 0 Å². The first-order valence-corrected chi connectivity index (χ1v) is 8.14. The molecule has 1 fully saturated rings. The van der Waals surface area contributed by atoms with Crippen LogP contribution in [0.4, 0.5) is 0 Å². The van der Waals surface area contributed by atoms with Crippen LogP contribution in [0.1, 0.15) is 48.4 Å². The highest BCUT2D eigenvalue weighted by Crippen LogP contribution is 2.31. The van der Waals surface area contributed by atoms with Crippen molar-refractivity contribution in [1.82, 2.24) is 10.2 Å². The smallest absolute Gasteiger partial charge is 0.0442 e. The maximum Gasteiger partial charge on any atom is 0.0442 e. The van der Waals surface area contributed by atoms with Gasteiger partial charge in [-0.15, -0.1) is 11.3 Å². The Hall–Kier alpha value is -0.380. The van der Waals surface area contributed by atoms with Crippen molar-refractivity contribution in [1.29, 1.82) is 0 Å². The molecule has 1 aromatic rings. The van der Waals surface area contributed by atoms with Crippen LogP contribution in [0, 0.1) is 6.92 Å². The summed E-state index contributed by atoms with van der Waals surface area (Å²) >= 11 is 1.99. The Labute approximate surface area is 115 Å². The molecule has 1 N–H and O–H groups in total. The third kappa shape index (κ3) is 3.81. The summed E-state index contributed by atoms with van der Waals surface area (Å²) < 4.78 is 0. The monoisotopic (exact) mass is 266 g/mol. The molecular weight excluding hydrogens is 240 g/mol. The average Bonchev–Trinajstić information content (AvgIpc) is 2.82. The fourth-order valence-corrected chi connectivity index (χ4v) is 3.77. The number of rotatable bonds is 6. The predicted molar refractivity (Wildman–Crippen MR) is 80.4 cm³/mol. The van der Waals surface area contributed by atoms with Crippen LogP contribution in [0.15, 0.2) is 12.1 Å². The molecule has 2 rings (SSSR count). The van der Waals surface area contributed by atoms with Gasteiger partial charge in [0.15, 0.2) is 0 Å². The van der Waals surface area contributed by atoms with E-state index in [1.54, 1.807) is 4.88 Å². The molecular formula is C15H26N2S. The van der Waals surface area contributed by atoms with Gasteiger partial charge in [-0.3, -0.25) is 4.90 Å². The van der Waals surface area contributed by atoms with Crippen molar-refractivity contribution in [2.45, 2.75) is 45.6 Å². The van der Waals surface area contributed by atoms with Gasteiger partial charge in [0.05, 0.1) is 0 Å². The van der Waals surface area contributed by atoms with E-state index in [9.17, 15) is 0 Å². The van der Waals surface area contributed by atoms with Crippen molar-refractivity contribution < 1.29 is 0 Å². The number of hydrogen-bond acceptors (Lipinski definition) is 3. The highest BCUT2D eigenvalue weighted by Gasteiger charge is 2.22. The van der Waals surface area contributed by atoms with Gasteiger partial charge in [0.25, 0.3) is 0 Å². The Morgan fingerprint density at radius 1 is 1.28 bits per heavy atom. The molecule has 0 radical (unpaired) electrons. The molecule has 0 bridgehead atoms. The maximum absolute atomic E-state index is 3.46. The van der Waals surface area contributed by atoms with E-state index in [-0.39, 0.29) is 0 Å². The van der Waals surface area contributed by atoms with E-state index in [0.29, 0.717) is 6.04 Å². The fraction of sp³-hybridized carbons (Fsp3) is 0.733. The second-order valence-corrected chi connectivity index (χ2v) is 6.57. The zero-order valence-electron chi connectivity index (χ0n) is 11.7. The zero-order valence-corrected chi connectivity index (χ0v) is 12.6. The van der Waals surface area contributed by atoms with Crippen LogP contribution in [0.2, 0.25) is 0 Å². The van der Waals surface area contributed by atoms with Crippen molar-refractivity contribution in [3.8, 4) is 0 Å². The zero-order chi connectivity index (χ0) is 12.8. The van der Waals surface area contributed by atoms with Crippen molar-refractivity contribution in [2.75, 3.05) is 26.2 Å². The lowest BCUT2D eigenvalue weighted by Gasteiger charge is -2.34. The number of piperazine rings is 1. The minimum Gasteiger partial charge on any atom is -0.314 e. The third-order valence-corrected chi connectivity index (χ3v) is 4.86. The van der Waals surface area contributed by atoms with Crippen molar-refractivity contribution in [3.05, 3.63) is 21.9 Å². The van der Waals surface area contributed by atoms with E-state index in [2.05, 4.69) is 36.2 Å². The van der Waals surface area contributed by atoms with Crippen LogP contribution in [0.5, 0.6) is 0 Å². The van der Waals surface area contributed by atoms with Gasteiger partial charge in [0.1, 0.15) is 0 Å². The number of nitrogens with zero attached hydrogens (tertiary/aromatic N) is 1. The lowest BCUT2D eigenvalue weighted by Crippen LogP contribution is -2.45. The number of aryl methyl sites for hydroxylation is 1. The molecule has 2 nitrogen and oxygen atoms in total. The highest BCUT2D eigenvalue weighted by molar-refractivity contribution is 7.12. The first-order chi connectivity index (χ1) is 8.81. The maximum atomic E-state index is 3.46. The molecule has 3 heteroatoms. The van der Waals surface area contributed by atoms with E-state index in [1.807, 2.05) is 11.3 Å². The van der Waals surface area contributed by atoms with Crippen LogP contribution in [0.25, 0.3) is 0 Å². The molecule has 2 heterocycles. The first-order valence-electron chi connectivity index (χ1n) is 7.32. The lowest BCUT2D eigenvalue weighted by atomic mass is 10.0. The van der Waals surface area contributed by atoms with Gasteiger partial charge in [-0.25, -0.2) is 0 Å². The summed E-state index contributed by atoms with van der Waals surface area (Å²) in [5.74, 6) is 0. The largest absolute Gasteiger partial charge is 0.314 e. The van der Waals surface area contributed by atoms with E-state index in [4.69, 9.17) is 0 Å². The summed E-state index contributed by atoms with van der Waals surface area (Å²) in [6, 6.07) is 5.28. The van der Waals surface area contributed by atoms with E-state index >= 15 is 0 Å². The molecule has 0 amide bonds. The third-order valence-electron chi connectivity index (χ3n) is 3.76. The second-order valence-electron chi connectivity index (χ2n) is 5.25. The molecule has 1 atom stereocenters. The van der Waals surface area contributed by atoms with Crippen molar-refractivity contribution in [3.63, 3.8) is 0 Å². The number of unbranched alkanes of at least 4 members (excludes halogenated alkanes) is 2. The van der Waals surface area contributed by atoms with Gasteiger partial charge in [-0.1, -0.05) is 26.2 Å². The standard InChI is InChI=1S/C15H26N2S/c1-3-4-5-6-14(15-8-7-13(2)18-15)17-11-9-16-10-12-17/h7-8,14,16H,3-6,9-12H2,1-2H3/t14-/m0/s1. The summed E-state index contributed by atoms with van der Waals surface area (Å²) in [5, 5.41) is 3.46. The SMILES string of the molecule is CCCCC[C@@H](c1ccc(C)s1)N1CCNCC1. The van der Waals surface area contributed by atoms with Gasteiger partial charge in [0, 0.05) is 42.0 Å². The van der Waals surface area contributed by atoms with Crippen LogP contribution >= 0.6 is 11.3 Å². The van der Waals surface area contributed by atoms with Gasteiger partial charge in [-0.2, -0.15) is 0 Å². The summed E-state index contributed by atoms with van der Waals surface area (Å²) in [6.07, 6.45) is 5.38. The molecule has 1 aliphatic rings. The Bertz CT molecular complexity index is 342. The van der Waals surface area contributed by atoms with Crippen LogP contribution < -0.4 is 5.32 Å². The highest BCUT2D eigenvalue weighted by atomic mass is 32.1. The summed E-state index contributed by atoms with van der Waals surface area (Å²) in [6.45, 7) is 9.20. The molecule has 0 aliphatic carbocycles. The van der Waals surface area contributed by atoms with Gasteiger partial charge >= 0.3 is 0 Å². The Morgan fingerprint density at radius 2 is 2.06 bits per heavy atom. The molecule has 0 saturated carbocycles. The Balaban J connectivity index is 2.01. The fourth-order valence-electron chi connectivity index (χ4n) is 2.72. The van der Waals surface area contributed by atoms with Gasteiger partial charge in [-0.05, 0) is 25.5 Å². The number of thiophene rings is 1. The summed E-state index contributed by atoms with van der Waals surface area (Å²) in [4.78, 5) is 5.70. The Kier molecular flexibility index (Phi) is 5.67. The van der Waals surface area contributed by atoms with E-state index < -0.39 is 0 Å². The van der Waals surface area contributed by atoms with E-state index in [0.717, 1.165) is 13.1 Å². The van der Waals surface area contributed by atoms with Crippen LogP contribution in [-0.4, -0.2) is 31.1 Å². The minimum absolute atomic E-state index is 0.664. The number of hydrogen-bond donors (Lipinski definition) is 1. The molecule has 1 aromatic heterocycles. The van der Waals surface area contributed by atoms with Crippen LogP contribution in [-0.2, 0) is 0 Å². The van der Waals surface area contributed by atoms with Crippen LogP contribution in [0.3, 0.4) is 0 Å².